The topological polar surface area (TPSA) is 9.23 Å². The average molecular weight is 274 g/mol. The zero-order valence-electron chi connectivity index (χ0n) is 5.41. The van der Waals surface area contributed by atoms with Crippen molar-refractivity contribution >= 4 is 42.0 Å². The first-order chi connectivity index (χ1) is 5.08. The van der Waals surface area contributed by atoms with Crippen LogP contribution in [0.15, 0.2) is 30.3 Å². The van der Waals surface area contributed by atoms with Gasteiger partial charge in [-0.05, 0) is 0 Å². The summed E-state index contributed by atoms with van der Waals surface area (Å²) in [4.78, 5) is 0. The van der Waals surface area contributed by atoms with Crippen LogP contribution in [0.5, 0.6) is 5.75 Å². The van der Waals surface area contributed by atoms with E-state index in [2.05, 4.69) is 15.1 Å². The second kappa shape index (κ2) is 3.98. The molecule has 1 rings (SSSR count). The molecule has 0 bridgehead atoms. The molecule has 0 atom stereocenters. The molecule has 0 fully saturated rings. The Morgan fingerprint density at radius 3 is 2.18 bits per heavy atom. The number of hydrogen-bond donors (Lipinski definition) is 0. The van der Waals surface area contributed by atoms with E-state index in [9.17, 15) is 0 Å². The summed E-state index contributed by atoms with van der Waals surface area (Å²) in [6, 6.07) is 9.22. The van der Waals surface area contributed by atoms with Crippen LogP contribution in [-0.4, -0.2) is 15.1 Å². The van der Waals surface area contributed by atoms with E-state index < -0.39 is 4.44 Å². The van der Waals surface area contributed by atoms with Crippen molar-refractivity contribution < 1.29 is 4.52 Å². The first kappa shape index (κ1) is 9.64. The van der Waals surface area contributed by atoms with E-state index in [1.807, 2.05) is 18.2 Å². The van der Waals surface area contributed by atoms with Gasteiger partial charge in [0.2, 0.25) is 0 Å². The van der Waals surface area contributed by atoms with E-state index >= 15 is 0 Å². The van der Waals surface area contributed by atoms with Crippen molar-refractivity contribution in [2.75, 3.05) is 0 Å². The molecule has 0 amide bonds. The van der Waals surface area contributed by atoms with Crippen LogP contribution in [0.2, 0.25) is 0 Å². The van der Waals surface area contributed by atoms with Crippen molar-refractivity contribution in [2.24, 2.45) is 0 Å². The molecule has 0 heterocycles. The summed E-state index contributed by atoms with van der Waals surface area (Å²) in [6.07, 6.45) is 0. The molecular formula is C6H5Cl2OPSe. The number of hydrogen-bond acceptors (Lipinski definition) is 1. The van der Waals surface area contributed by atoms with E-state index in [4.69, 9.17) is 27.0 Å². The molecule has 1 aromatic rings. The fourth-order valence-electron chi connectivity index (χ4n) is 0.604. The quantitative estimate of drug-likeness (QED) is 0.593. The van der Waals surface area contributed by atoms with Gasteiger partial charge >= 0.3 is 82.6 Å². The van der Waals surface area contributed by atoms with Crippen LogP contribution < -0.4 is 4.52 Å². The van der Waals surface area contributed by atoms with Crippen LogP contribution in [-0.2, 0) is 0 Å². The molecule has 0 aromatic heterocycles. The van der Waals surface area contributed by atoms with Crippen LogP contribution >= 0.6 is 26.9 Å². The molecule has 0 radical (unpaired) electrons. The molecular weight excluding hydrogens is 269 g/mol. The predicted molar refractivity (Wildman–Crippen MR) is 51.5 cm³/mol. The van der Waals surface area contributed by atoms with Gasteiger partial charge in [0.05, 0.1) is 0 Å². The Morgan fingerprint density at radius 2 is 1.73 bits per heavy atom. The van der Waals surface area contributed by atoms with Gasteiger partial charge in [-0.1, -0.05) is 0 Å². The standard InChI is InChI=1S/C6H5Cl2OPSe/c7-10(8,11)9-6-4-2-1-3-5-6/h1-5H. The van der Waals surface area contributed by atoms with Crippen LogP contribution in [0.4, 0.5) is 0 Å². The predicted octanol–water partition coefficient (Wildman–Crippen LogP) is 3.39. The van der Waals surface area contributed by atoms with Gasteiger partial charge in [0.25, 0.3) is 0 Å². The Balaban J connectivity index is 2.74. The Morgan fingerprint density at radius 1 is 1.18 bits per heavy atom. The molecule has 0 unspecified atom stereocenters. The third-order valence-corrected chi connectivity index (χ3v) is 2.26. The maximum absolute atomic E-state index is 5.67. The van der Waals surface area contributed by atoms with Gasteiger partial charge in [-0.2, -0.15) is 0 Å². The summed E-state index contributed by atoms with van der Waals surface area (Å²) in [6.45, 7) is 0. The van der Waals surface area contributed by atoms with Crippen LogP contribution in [0.3, 0.4) is 0 Å². The van der Waals surface area contributed by atoms with Crippen molar-refractivity contribution in [1.29, 1.82) is 0 Å². The monoisotopic (exact) mass is 274 g/mol. The number of halogens is 2. The van der Waals surface area contributed by atoms with Crippen LogP contribution in [0.1, 0.15) is 0 Å². The van der Waals surface area contributed by atoms with Gasteiger partial charge in [0.1, 0.15) is 0 Å². The van der Waals surface area contributed by atoms with Crippen molar-refractivity contribution in [3.8, 4) is 5.75 Å². The second-order valence-electron chi connectivity index (χ2n) is 1.82. The molecule has 5 heteroatoms. The van der Waals surface area contributed by atoms with E-state index in [1.54, 1.807) is 12.1 Å². The fraction of sp³-hybridized carbons (Fsp3) is 0. The van der Waals surface area contributed by atoms with Gasteiger partial charge in [0.15, 0.2) is 0 Å². The van der Waals surface area contributed by atoms with Crippen molar-refractivity contribution in [3.05, 3.63) is 30.3 Å². The third-order valence-electron chi connectivity index (χ3n) is 0.955. The Hall–Kier alpha value is 0.549. The zero-order chi connectivity index (χ0) is 8.32. The molecule has 1 nitrogen and oxygen atoms in total. The van der Waals surface area contributed by atoms with Gasteiger partial charge in [-0.3, -0.25) is 0 Å². The second-order valence-corrected chi connectivity index (χ2v) is 12.2. The molecule has 0 aliphatic carbocycles. The summed E-state index contributed by atoms with van der Waals surface area (Å²) in [5.41, 5.74) is 0. The first-order valence-corrected chi connectivity index (χ1v) is 8.55. The van der Waals surface area contributed by atoms with Crippen molar-refractivity contribution in [2.45, 2.75) is 0 Å². The molecule has 0 aliphatic rings. The molecule has 60 valence electrons. The molecule has 11 heavy (non-hydrogen) atoms. The molecule has 0 saturated carbocycles. The van der Waals surface area contributed by atoms with E-state index in [0.29, 0.717) is 5.75 Å². The van der Waals surface area contributed by atoms with Gasteiger partial charge in [-0.25, -0.2) is 0 Å². The summed E-state index contributed by atoms with van der Waals surface area (Å²) < 4.78 is 2.87. The van der Waals surface area contributed by atoms with Gasteiger partial charge in [0, 0.05) is 0 Å². The first-order valence-electron chi connectivity index (χ1n) is 2.82. The molecule has 0 saturated heterocycles. The Kier molecular flexibility index (Phi) is 3.49. The summed E-state index contributed by atoms with van der Waals surface area (Å²) in [7, 11) is 0. The van der Waals surface area contributed by atoms with Gasteiger partial charge in [-0.15, -0.1) is 0 Å². The summed E-state index contributed by atoms with van der Waals surface area (Å²) in [5.74, 6) is 0.685. The Labute approximate surface area is 82.5 Å². The van der Waals surface area contributed by atoms with E-state index in [-0.39, 0.29) is 0 Å². The van der Waals surface area contributed by atoms with Gasteiger partial charge < -0.3 is 0 Å². The number of benzene rings is 1. The Bertz CT molecular complexity index is 271. The molecule has 0 N–H and O–H groups in total. The summed E-state index contributed by atoms with van der Waals surface area (Å²) in [5, 5.41) is 0. The molecule has 0 spiro atoms. The van der Waals surface area contributed by atoms with Crippen LogP contribution in [0, 0.1) is 0 Å². The number of rotatable bonds is 2. The third kappa shape index (κ3) is 4.20. The normalized spacial score (nSPS) is 11.1. The van der Waals surface area contributed by atoms with Crippen molar-refractivity contribution in [1.82, 2.24) is 0 Å². The SMILES string of the molecule is ClP(Cl)(=[Se])Oc1ccccc1. The average Bonchev–Trinajstić information content (AvgIpc) is 1.85. The zero-order valence-corrected chi connectivity index (χ0v) is 9.53. The summed E-state index contributed by atoms with van der Waals surface area (Å²) >= 11 is 13.9. The molecule has 1 aromatic carbocycles. The fourth-order valence-corrected chi connectivity index (χ4v) is 1.99. The van der Waals surface area contributed by atoms with E-state index in [0.717, 1.165) is 0 Å². The van der Waals surface area contributed by atoms with Crippen LogP contribution in [0.25, 0.3) is 0 Å². The minimum absolute atomic E-state index is 0.685. The number of para-hydroxylation sites is 1. The van der Waals surface area contributed by atoms with Crippen molar-refractivity contribution in [3.63, 3.8) is 0 Å². The molecule has 0 aliphatic heterocycles. The maximum atomic E-state index is 5.67. The van der Waals surface area contributed by atoms with E-state index in [1.165, 1.54) is 0 Å². The minimum atomic E-state index is -2.32.